The van der Waals surface area contributed by atoms with Gasteiger partial charge in [-0.3, -0.25) is 14.3 Å². The summed E-state index contributed by atoms with van der Waals surface area (Å²) in [4.78, 5) is 28.9. The molecular weight excluding hydrogens is 316 g/mol. The summed E-state index contributed by atoms with van der Waals surface area (Å²) in [5, 5.41) is 4.22. The van der Waals surface area contributed by atoms with Crippen molar-refractivity contribution in [3.63, 3.8) is 0 Å². The van der Waals surface area contributed by atoms with Crippen LogP contribution in [0.1, 0.15) is 54.6 Å². The number of rotatable bonds is 7. The Bertz CT molecular complexity index is 658. The standard InChI is InChI=1S/C19H30N4O2/c1-14-16(13-23(4)20-14)17(24)21(2)10-11-22(3)18(25)19(8-9-19)12-15-6-5-7-15/h13,15H,5-12H2,1-4H3. The number of carbonyl (C=O) groups is 2. The van der Waals surface area contributed by atoms with E-state index in [9.17, 15) is 9.59 Å². The van der Waals surface area contributed by atoms with E-state index < -0.39 is 0 Å². The lowest BCUT2D eigenvalue weighted by molar-refractivity contribution is -0.136. The van der Waals surface area contributed by atoms with Crippen LogP contribution in [0.4, 0.5) is 0 Å². The van der Waals surface area contributed by atoms with Gasteiger partial charge in [-0.25, -0.2) is 0 Å². The van der Waals surface area contributed by atoms with Crippen molar-refractivity contribution in [1.82, 2.24) is 19.6 Å². The summed E-state index contributed by atoms with van der Waals surface area (Å²) in [5.41, 5.74) is 1.28. The van der Waals surface area contributed by atoms with Crippen LogP contribution in [0.15, 0.2) is 6.20 Å². The van der Waals surface area contributed by atoms with Crippen LogP contribution in [-0.4, -0.2) is 58.6 Å². The zero-order valence-corrected chi connectivity index (χ0v) is 15.9. The summed E-state index contributed by atoms with van der Waals surface area (Å²) in [6.07, 6.45) is 8.81. The lowest BCUT2D eigenvalue weighted by Gasteiger charge is -2.32. The highest BCUT2D eigenvalue weighted by Gasteiger charge is 2.52. The Morgan fingerprint density at radius 2 is 1.88 bits per heavy atom. The van der Waals surface area contributed by atoms with Gasteiger partial charge in [0.25, 0.3) is 5.91 Å². The number of hydrogen-bond donors (Lipinski definition) is 0. The molecule has 2 fully saturated rings. The number of aromatic nitrogens is 2. The Balaban J connectivity index is 1.51. The molecule has 0 aromatic carbocycles. The monoisotopic (exact) mass is 346 g/mol. The Kier molecular flexibility index (Phi) is 4.89. The fourth-order valence-corrected chi connectivity index (χ4v) is 3.83. The maximum absolute atomic E-state index is 12.8. The molecule has 1 aromatic heterocycles. The van der Waals surface area contributed by atoms with Gasteiger partial charge in [0.15, 0.2) is 0 Å². The quantitative estimate of drug-likeness (QED) is 0.761. The van der Waals surface area contributed by atoms with E-state index in [-0.39, 0.29) is 17.2 Å². The van der Waals surface area contributed by atoms with Crippen molar-refractivity contribution in [3.05, 3.63) is 17.5 Å². The highest BCUT2D eigenvalue weighted by Crippen LogP contribution is 2.54. The molecule has 0 unspecified atom stereocenters. The SMILES string of the molecule is Cc1nn(C)cc1C(=O)N(C)CCN(C)C(=O)C1(CC2CCC2)CC1. The maximum atomic E-state index is 12.8. The van der Waals surface area contributed by atoms with E-state index in [1.54, 1.807) is 22.8 Å². The molecule has 0 N–H and O–H groups in total. The van der Waals surface area contributed by atoms with E-state index in [4.69, 9.17) is 0 Å². The van der Waals surface area contributed by atoms with Crippen LogP contribution in [-0.2, 0) is 11.8 Å². The molecule has 0 spiro atoms. The number of likely N-dealkylation sites (N-methyl/N-ethyl adjacent to an activating group) is 2. The number of aryl methyl sites for hydroxylation is 2. The predicted octanol–water partition coefficient (Wildman–Crippen LogP) is 2.23. The molecule has 2 saturated carbocycles. The van der Waals surface area contributed by atoms with Crippen LogP contribution < -0.4 is 0 Å². The van der Waals surface area contributed by atoms with Gasteiger partial charge in [0, 0.05) is 45.8 Å². The summed E-state index contributed by atoms with van der Waals surface area (Å²) in [6, 6.07) is 0. The molecule has 0 atom stereocenters. The first kappa shape index (κ1) is 18.0. The average molecular weight is 346 g/mol. The third-order valence-electron chi connectivity index (χ3n) is 5.92. The van der Waals surface area contributed by atoms with Gasteiger partial charge in [0.1, 0.15) is 0 Å². The molecule has 1 heterocycles. The summed E-state index contributed by atoms with van der Waals surface area (Å²) in [7, 11) is 5.47. The molecule has 25 heavy (non-hydrogen) atoms. The molecule has 3 rings (SSSR count). The molecule has 2 aliphatic carbocycles. The average Bonchev–Trinajstić information content (AvgIpc) is 3.25. The smallest absolute Gasteiger partial charge is 0.257 e. The molecule has 6 heteroatoms. The van der Waals surface area contributed by atoms with Crippen molar-refractivity contribution in [1.29, 1.82) is 0 Å². The normalized spacial score (nSPS) is 18.6. The fraction of sp³-hybridized carbons (Fsp3) is 0.737. The fourth-order valence-electron chi connectivity index (χ4n) is 3.83. The largest absolute Gasteiger partial charge is 0.344 e. The minimum Gasteiger partial charge on any atom is -0.344 e. The summed E-state index contributed by atoms with van der Waals surface area (Å²) >= 11 is 0. The third kappa shape index (κ3) is 3.72. The van der Waals surface area contributed by atoms with Crippen LogP contribution in [0.25, 0.3) is 0 Å². The predicted molar refractivity (Wildman–Crippen MR) is 96.2 cm³/mol. The summed E-state index contributed by atoms with van der Waals surface area (Å²) < 4.78 is 1.66. The van der Waals surface area contributed by atoms with E-state index in [0.29, 0.717) is 18.7 Å². The Labute approximate surface area is 150 Å². The summed E-state index contributed by atoms with van der Waals surface area (Å²) in [6.45, 7) is 2.95. The molecule has 1 aromatic rings. The highest BCUT2D eigenvalue weighted by atomic mass is 16.2. The number of carbonyl (C=O) groups excluding carboxylic acids is 2. The number of nitrogens with zero attached hydrogens (tertiary/aromatic N) is 4. The molecule has 0 aliphatic heterocycles. The lowest BCUT2D eigenvalue weighted by Crippen LogP contribution is -2.41. The van der Waals surface area contributed by atoms with Crippen molar-refractivity contribution in [2.24, 2.45) is 18.4 Å². The summed E-state index contributed by atoms with van der Waals surface area (Å²) in [5.74, 6) is 0.998. The molecular formula is C19H30N4O2. The van der Waals surface area contributed by atoms with Gasteiger partial charge in [0.05, 0.1) is 11.3 Å². The van der Waals surface area contributed by atoms with Gasteiger partial charge in [-0.2, -0.15) is 5.10 Å². The number of amides is 2. The Hall–Kier alpha value is -1.85. The molecule has 138 valence electrons. The van der Waals surface area contributed by atoms with Gasteiger partial charge in [-0.1, -0.05) is 19.3 Å². The van der Waals surface area contributed by atoms with Gasteiger partial charge < -0.3 is 9.80 Å². The van der Waals surface area contributed by atoms with Gasteiger partial charge in [0.2, 0.25) is 5.91 Å². The molecule has 0 saturated heterocycles. The molecule has 0 bridgehead atoms. The van der Waals surface area contributed by atoms with Crippen molar-refractivity contribution >= 4 is 11.8 Å². The Morgan fingerprint density at radius 1 is 1.24 bits per heavy atom. The first-order chi connectivity index (χ1) is 11.8. The molecule has 0 radical (unpaired) electrons. The maximum Gasteiger partial charge on any atom is 0.257 e. The minimum atomic E-state index is -0.0810. The Morgan fingerprint density at radius 3 is 2.36 bits per heavy atom. The zero-order valence-electron chi connectivity index (χ0n) is 15.9. The van der Waals surface area contributed by atoms with Crippen LogP contribution in [0, 0.1) is 18.3 Å². The first-order valence-corrected chi connectivity index (χ1v) is 9.34. The zero-order chi connectivity index (χ0) is 18.2. The molecule has 2 aliphatic rings. The van der Waals surface area contributed by atoms with Crippen molar-refractivity contribution in [2.45, 2.75) is 45.4 Å². The molecule has 6 nitrogen and oxygen atoms in total. The molecule has 2 amide bonds. The van der Waals surface area contributed by atoms with E-state index in [1.165, 1.54) is 19.3 Å². The van der Waals surface area contributed by atoms with Crippen molar-refractivity contribution in [3.8, 4) is 0 Å². The first-order valence-electron chi connectivity index (χ1n) is 9.34. The second-order valence-corrected chi connectivity index (χ2v) is 8.04. The van der Waals surface area contributed by atoms with Crippen LogP contribution >= 0.6 is 0 Å². The topological polar surface area (TPSA) is 58.4 Å². The van der Waals surface area contributed by atoms with Gasteiger partial charge in [-0.05, 0) is 32.1 Å². The second-order valence-electron chi connectivity index (χ2n) is 8.04. The van der Waals surface area contributed by atoms with Crippen LogP contribution in [0.2, 0.25) is 0 Å². The van der Waals surface area contributed by atoms with E-state index in [0.717, 1.165) is 30.9 Å². The van der Waals surface area contributed by atoms with E-state index >= 15 is 0 Å². The minimum absolute atomic E-state index is 0.0398. The number of hydrogen-bond acceptors (Lipinski definition) is 3. The lowest BCUT2D eigenvalue weighted by atomic mass is 9.77. The highest BCUT2D eigenvalue weighted by molar-refractivity contribution is 5.95. The van der Waals surface area contributed by atoms with Crippen molar-refractivity contribution in [2.75, 3.05) is 27.2 Å². The van der Waals surface area contributed by atoms with E-state index in [2.05, 4.69) is 5.10 Å². The van der Waals surface area contributed by atoms with E-state index in [1.807, 2.05) is 25.9 Å². The van der Waals surface area contributed by atoms with Gasteiger partial charge in [-0.15, -0.1) is 0 Å². The van der Waals surface area contributed by atoms with Crippen molar-refractivity contribution < 1.29 is 9.59 Å². The van der Waals surface area contributed by atoms with Crippen LogP contribution in [0.3, 0.4) is 0 Å². The third-order valence-corrected chi connectivity index (χ3v) is 5.92. The van der Waals surface area contributed by atoms with Gasteiger partial charge >= 0.3 is 0 Å². The van der Waals surface area contributed by atoms with Crippen LogP contribution in [0.5, 0.6) is 0 Å². The second kappa shape index (κ2) is 6.81.